The number of nitrogens with zero attached hydrogens (tertiary/aromatic N) is 3. The molecule has 0 aromatic carbocycles. The van der Waals surface area contributed by atoms with Crippen molar-refractivity contribution in [2.24, 2.45) is 11.8 Å². The first-order valence-corrected chi connectivity index (χ1v) is 9.60. The van der Waals surface area contributed by atoms with Crippen molar-refractivity contribution in [1.29, 1.82) is 0 Å². The summed E-state index contributed by atoms with van der Waals surface area (Å²) in [5.74, 6) is 0.610. The topological polar surface area (TPSA) is 110 Å². The molecule has 4 rings (SSSR count). The predicted octanol–water partition coefficient (Wildman–Crippen LogP) is -3.48. The maximum Gasteiger partial charge on any atom is 0.229 e. The first kappa shape index (κ1) is 18.8. The Bertz CT molecular complexity index is 632. The lowest BCUT2D eigenvalue weighted by atomic mass is 9.75. The molecule has 1 aromatic rings. The summed E-state index contributed by atoms with van der Waals surface area (Å²) in [5, 5.41) is 16.2. The van der Waals surface area contributed by atoms with Crippen LogP contribution in [0.3, 0.4) is 0 Å². The Labute approximate surface area is 153 Å². The summed E-state index contributed by atoms with van der Waals surface area (Å²) < 4.78 is 1.96. The van der Waals surface area contributed by atoms with Gasteiger partial charge in [0.15, 0.2) is 0 Å². The minimum atomic E-state index is -0.0672. The van der Waals surface area contributed by atoms with Crippen LogP contribution >= 0.6 is 0 Å². The molecule has 9 nitrogen and oxygen atoms in total. The molecule has 144 valence electrons. The van der Waals surface area contributed by atoms with E-state index in [2.05, 4.69) is 26.3 Å². The lowest BCUT2D eigenvalue weighted by Crippen LogP contribution is -3.20. The van der Waals surface area contributed by atoms with E-state index in [1.54, 1.807) is 0 Å². The lowest BCUT2D eigenvalue weighted by molar-refractivity contribution is -0.945. The monoisotopic (exact) mass is 365 g/mol. The van der Waals surface area contributed by atoms with Crippen LogP contribution in [0.15, 0.2) is 6.20 Å². The van der Waals surface area contributed by atoms with Crippen molar-refractivity contribution < 1.29 is 19.8 Å². The molecular formula is C17H31N7O2+2. The molecule has 3 aliphatic rings. The van der Waals surface area contributed by atoms with Crippen LogP contribution in [0.5, 0.6) is 0 Å². The Balaban J connectivity index is 1.49. The highest BCUT2D eigenvalue weighted by Gasteiger charge is 2.46. The van der Waals surface area contributed by atoms with E-state index in [4.69, 9.17) is 0 Å². The minimum Gasteiger partial charge on any atom is -0.355 e. The number of amides is 2. The highest BCUT2D eigenvalue weighted by molar-refractivity contribution is 5.79. The van der Waals surface area contributed by atoms with E-state index >= 15 is 0 Å². The Morgan fingerprint density at radius 3 is 2.88 bits per heavy atom. The van der Waals surface area contributed by atoms with Crippen molar-refractivity contribution in [2.75, 3.05) is 33.2 Å². The van der Waals surface area contributed by atoms with Gasteiger partial charge in [0.05, 0.1) is 38.8 Å². The molecule has 0 spiro atoms. The van der Waals surface area contributed by atoms with Crippen molar-refractivity contribution in [3.8, 4) is 0 Å². The summed E-state index contributed by atoms with van der Waals surface area (Å²) in [7, 11) is 2.02. The Morgan fingerprint density at radius 1 is 1.38 bits per heavy atom. The number of carbonyl (C=O) groups excluding carboxylic acids is 2. The zero-order valence-electron chi connectivity index (χ0n) is 15.7. The molecule has 3 aliphatic heterocycles. The van der Waals surface area contributed by atoms with Gasteiger partial charge in [-0.05, 0) is 5.92 Å². The SMILES string of the molecule is C[NH2+]Cc1cn(C[C@H]2C[C@H]3CC[NH+]2C[C@@H]3C(=O)NCCNC(C)=O)nn1. The second kappa shape index (κ2) is 8.59. The molecule has 1 aromatic heterocycles. The summed E-state index contributed by atoms with van der Waals surface area (Å²) >= 11 is 0. The molecule has 2 amide bonds. The summed E-state index contributed by atoms with van der Waals surface area (Å²) in [6.45, 7) is 6.22. The number of carbonyl (C=O) groups is 2. The van der Waals surface area contributed by atoms with Crippen LogP contribution in [0.25, 0.3) is 0 Å². The van der Waals surface area contributed by atoms with Crippen molar-refractivity contribution >= 4 is 11.8 Å². The van der Waals surface area contributed by atoms with Gasteiger partial charge in [-0.1, -0.05) is 5.21 Å². The highest BCUT2D eigenvalue weighted by atomic mass is 16.2. The molecule has 2 bridgehead atoms. The molecule has 0 radical (unpaired) electrons. The third-order valence-corrected chi connectivity index (χ3v) is 5.59. The molecule has 5 N–H and O–H groups in total. The van der Waals surface area contributed by atoms with E-state index in [-0.39, 0.29) is 17.7 Å². The van der Waals surface area contributed by atoms with Crippen LogP contribution in [0, 0.1) is 11.8 Å². The number of hydrogen-bond acceptors (Lipinski definition) is 4. The maximum atomic E-state index is 12.5. The standard InChI is InChI=1S/C17H29N7O2/c1-12(25)19-4-5-20-17(26)16-11-23-6-3-13(16)7-15(23)10-24-9-14(8-18-2)21-22-24/h9,13,15-16,18H,3-8,10-11H2,1-2H3,(H,19,25)(H,20,26)/p+2/t13-,15-,16+/m1/s1. The van der Waals surface area contributed by atoms with E-state index in [1.165, 1.54) is 11.8 Å². The Morgan fingerprint density at radius 2 is 2.19 bits per heavy atom. The fraction of sp³-hybridized carbons (Fsp3) is 0.765. The maximum absolute atomic E-state index is 12.5. The van der Waals surface area contributed by atoms with Crippen LogP contribution < -0.4 is 20.9 Å². The molecule has 4 atom stereocenters. The molecule has 0 saturated carbocycles. The predicted molar refractivity (Wildman–Crippen MR) is 94.0 cm³/mol. The number of hydrogen-bond donors (Lipinski definition) is 4. The van der Waals surface area contributed by atoms with Gasteiger partial charge in [-0.25, -0.2) is 4.68 Å². The first-order chi connectivity index (χ1) is 12.6. The molecule has 1 unspecified atom stereocenters. The summed E-state index contributed by atoms with van der Waals surface area (Å²) in [5.41, 5.74) is 1.01. The number of nitrogens with one attached hydrogen (secondary N) is 3. The van der Waals surface area contributed by atoms with Crippen molar-refractivity contribution in [2.45, 2.75) is 38.9 Å². The third kappa shape index (κ3) is 4.59. The van der Waals surface area contributed by atoms with Gasteiger partial charge in [0, 0.05) is 32.9 Å². The van der Waals surface area contributed by atoms with Crippen molar-refractivity contribution in [1.82, 2.24) is 25.6 Å². The number of piperidine rings is 3. The molecule has 0 aliphatic carbocycles. The quantitative estimate of drug-likeness (QED) is 0.359. The average molecular weight is 365 g/mol. The van der Waals surface area contributed by atoms with E-state index in [0.717, 1.165) is 44.7 Å². The van der Waals surface area contributed by atoms with Crippen LogP contribution in [0.1, 0.15) is 25.5 Å². The van der Waals surface area contributed by atoms with Crippen molar-refractivity contribution in [3.63, 3.8) is 0 Å². The van der Waals surface area contributed by atoms with Crippen LogP contribution in [0.4, 0.5) is 0 Å². The fourth-order valence-electron chi connectivity index (χ4n) is 4.33. The van der Waals surface area contributed by atoms with Gasteiger partial charge in [0.2, 0.25) is 11.8 Å². The van der Waals surface area contributed by atoms with Gasteiger partial charge < -0.3 is 20.9 Å². The number of nitrogens with two attached hydrogens (primary N) is 1. The lowest BCUT2D eigenvalue weighted by Gasteiger charge is -2.46. The normalized spacial score (nSPS) is 27.3. The third-order valence-electron chi connectivity index (χ3n) is 5.59. The molecular weight excluding hydrogens is 334 g/mol. The van der Waals surface area contributed by atoms with Crippen LogP contribution in [0.2, 0.25) is 0 Å². The number of fused-ring (bicyclic) bond motifs is 3. The minimum absolute atomic E-state index is 0.0672. The largest absolute Gasteiger partial charge is 0.355 e. The Kier molecular flexibility index (Phi) is 6.20. The summed E-state index contributed by atoms with van der Waals surface area (Å²) in [6.07, 6.45) is 4.21. The molecule has 9 heteroatoms. The second-order valence-corrected chi connectivity index (χ2v) is 7.52. The molecule has 3 saturated heterocycles. The van der Waals surface area contributed by atoms with Gasteiger partial charge in [-0.15, -0.1) is 5.10 Å². The average Bonchev–Trinajstić information content (AvgIpc) is 3.06. The number of rotatable bonds is 8. The van der Waals surface area contributed by atoms with E-state index in [0.29, 0.717) is 25.0 Å². The van der Waals surface area contributed by atoms with Gasteiger partial charge in [0.1, 0.15) is 18.3 Å². The number of aromatic nitrogens is 3. The summed E-state index contributed by atoms with van der Waals surface area (Å²) in [4.78, 5) is 24.9. The van der Waals surface area contributed by atoms with E-state index in [9.17, 15) is 9.59 Å². The van der Waals surface area contributed by atoms with Crippen LogP contribution in [-0.2, 0) is 22.7 Å². The number of quaternary nitrogens is 2. The van der Waals surface area contributed by atoms with Gasteiger partial charge in [-0.2, -0.15) is 0 Å². The second-order valence-electron chi connectivity index (χ2n) is 7.52. The zero-order valence-corrected chi connectivity index (χ0v) is 15.7. The van der Waals surface area contributed by atoms with Gasteiger partial charge >= 0.3 is 0 Å². The smallest absolute Gasteiger partial charge is 0.229 e. The zero-order chi connectivity index (χ0) is 18.5. The fourth-order valence-corrected chi connectivity index (χ4v) is 4.33. The van der Waals surface area contributed by atoms with Gasteiger partial charge in [-0.3, -0.25) is 9.59 Å². The Hall–Kier alpha value is -2.00. The van der Waals surface area contributed by atoms with E-state index in [1.807, 2.05) is 17.9 Å². The van der Waals surface area contributed by atoms with E-state index < -0.39 is 0 Å². The molecule has 26 heavy (non-hydrogen) atoms. The first-order valence-electron chi connectivity index (χ1n) is 9.60. The molecule has 4 heterocycles. The van der Waals surface area contributed by atoms with Gasteiger partial charge in [0.25, 0.3) is 0 Å². The van der Waals surface area contributed by atoms with Crippen molar-refractivity contribution in [3.05, 3.63) is 11.9 Å². The van der Waals surface area contributed by atoms with Crippen LogP contribution in [-0.4, -0.2) is 66.1 Å². The molecule has 3 fully saturated rings. The highest BCUT2D eigenvalue weighted by Crippen LogP contribution is 2.27. The summed E-state index contributed by atoms with van der Waals surface area (Å²) in [6, 6.07) is 0.511.